The first-order valence-corrected chi connectivity index (χ1v) is 13.5. The molecule has 14 heteroatoms. The number of hydrogen-bond acceptors (Lipinski definition) is 7. The van der Waals surface area contributed by atoms with Crippen molar-refractivity contribution < 1.29 is 27.6 Å². The van der Waals surface area contributed by atoms with Gasteiger partial charge in [-0.2, -0.15) is 0 Å². The van der Waals surface area contributed by atoms with Crippen molar-refractivity contribution in [1.29, 1.82) is 0 Å². The van der Waals surface area contributed by atoms with Gasteiger partial charge in [-0.25, -0.2) is 4.99 Å². The lowest BCUT2D eigenvalue weighted by atomic mass is 9.79. The molecule has 0 aromatic heterocycles. The number of nitrogens with two attached hydrogens (primary N) is 1. The molecule has 1 amide bonds. The number of nitrogens with zero attached hydrogens (tertiary/aromatic N) is 4. The third-order valence-electron chi connectivity index (χ3n) is 7.87. The zero-order valence-electron chi connectivity index (χ0n) is 22.5. The maximum atomic E-state index is 12.8. The Labute approximate surface area is 230 Å². The molecule has 1 saturated carbocycles. The van der Waals surface area contributed by atoms with E-state index < -0.39 is 16.9 Å². The summed E-state index contributed by atoms with van der Waals surface area (Å²) in [5.74, 6) is -0.00297. The van der Waals surface area contributed by atoms with Gasteiger partial charge < -0.3 is 20.3 Å². The zero-order chi connectivity index (χ0) is 28.9. The number of nitro groups is 1. The van der Waals surface area contributed by atoms with Crippen LogP contribution in [-0.2, 0) is 11.3 Å². The summed E-state index contributed by atoms with van der Waals surface area (Å²) in [7, 11) is 0. The smallest absolute Gasteiger partial charge is 0.405 e. The second-order valence-electron chi connectivity index (χ2n) is 10.6. The van der Waals surface area contributed by atoms with E-state index in [2.05, 4.69) is 25.3 Å². The number of rotatable bonds is 7. The predicted molar refractivity (Wildman–Crippen MR) is 141 cm³/mol. The molecule has 220 valence electrons. The summed E-state index contributed by atoms with van der Waals surface area (Å²) in [6.45, 7) is 4.72. The molecule has 2 heterocycles. The minimum absolute atomic E-state index is 0.102. The van der Waals surface area contributed by atoms with Crippen LogP contribution in [0, 0.1) is 16.0 Å². The molecule has 1 unspecified atom stereocenters. The van der Waals surface area contributed by atoms with Crippen molar-refractivity contribution in [1.82, 2.24) is 20.4 Å². The number of ether oxygens (including phenoxy) is 1. The second kappa shape index (κ2) is 12.4. The Hall–Kier alpha value is -3.39. The maximum absolute atomic E-state index is 12.8. The minimum atomic E-state index is -4.85. The first kappa shape index (κ1) is 29.6. The molecule has 1 atom stereocenters. The molecule has 0 radical (unpaired) electrons. The average molecular weight is 568 g/mol. The molecule has 1 saturated heterocycles. The number of carbonyl (C=O) groups excluding carboxylic acids is 1. The largest absolute Gasteiger partial charge is 0.573 e. The van der Waals surface area contributed by atoms with Gasteiger partial charge in [0.2, 0.25) is 5.91 Å². The third kappa shape index (κ3) is 7.62. The van der Waals surface area contributed by atoms with E-state index in [1.807, 2.05) is 4.90 Å². The Kier molecular flexibility index (Phi) is 9.19. The van der Waals surface area contributed by atoms with Crippen LogP contribution in [0.25, 0.3) is 0 Å². The van der Waals surface area contributed by atoms with E-state index >= 15 is 0 Å². The van der Waals surface area contributed by atoms with Gasteiger partial charge in [-0.15, -0.1) is 13.2 Å². The monoisotopic (exact) mass is 567 g/mol. The summed E-state index contributed by atoms with van der Waals surface area (Å²) in [6.07, 6.45) is 1.17. The van der Waals surface area contributed by atoms with Crippen LogP contribution >= 0.6 is 0 Å². The van der Waals surface area contributed by atoms with Crippen LogP contribution in [0.1, 0.15) is 51.0 Å². The van der Waals surface area contributed by atoms with Gasteiger partial charge in [-0.1, -0.05) is 18.2 Å². The van der Waals surface area contributed by atoms with E-state index in [0.29, 0.717) is 12.5 Å². The number of benzene rings is 1. The molecule has 2 aliphatic heterocycles. The summed E-state index contributed by atoms with van der Waals surface area (Å²) in [6, 6.07) is 6.06. The molecule has 0 bridgehead atoms. The van der Waals surface area contributed by atoms with Crippen molar-refractivity contribution in [3.63, 3.8) is 0 Å². The molecule has 1 aromatic rings. The van der Waals surface area contributed by atoms with Crippen molar-refractivity contribution in [3.8, 4) is 5.75 Å². The fourth-order valence-corrected chi connectivity index (χ4v) is 5.84. The first-order chi connectivity index (χ1) is 18.9. The normalized spacial score (nSPS) is 27.3. The number of hydrogen-bond donors (Lipinski definition) is 3. The van der Waals surface area contributed by atoms with Crippen LogP contribution in [0.15, 0.2) is 41.2 Å². The van der Waals surface area contributed by atoms with Gasteiger partial charge in [0.25, 0.3) is 0 Å². The highest BCUT2D eigenvalue weighted by Crippen LogP contribution is 2.35. The summed E-state index contributed by atoms with van der Waals surface area (Å²) < 4.78 is 42.4. The Morgan fingerprint density at radius 3 is 2.60 bits per heavy atom. The van der Waals surface area contributed by atoms with Crippen molar-refractivity contribution in [2.24, 2.45) is 16.6 Å². The van der Waals surface area contributed by atoms with E-state index in [4.69, 9.17) is 5.73 Å². The van der Waals surface area contributed by atoms with Crippen molar-refractivity contribution in [2.45, 2.75) is 70.1 Å². The number of alkyl halides is 3. The molecule has 1 aliphatic carbocycles. The SMILES string of the molecule is CC(=O)N1CCCN(C2CCC(CC3(N)NC(=NCc4ccccc4OC(F)(F)F)NC=C3[N+](=O)[O-])CC2)CC1. The van der Waals surface area contributed by atoms with E-state index in [1.165, 1.54) is 24.4 Å². The maximum Gasteiger partial charge on any atom is 0.573 e. The Morgan fingerprint density at radius 1 is 1.20 bits per heavy atom. The molecule has 40 heavy (non-hydrogen) atoms. The first-order valence-electron chi connectivity index (χ1n) is 13.5. The van der Waals surface area contributed by atoms with Gasteiger partial charge in [-0.3, -0.25) is 25.5 Å². The fraction of sp³-hybridized carbons (Fsp3) is 0.615. The van der Waals surface area contributed by atoms with Gasteiger partial charge >= 0.3 is 12.1 Å². The van der Waals surface area contributed by atoms with Gasteiger partial charge in [0.05, 0.1) is 17.7 Å². The molecule has 11 nitrogen and oxygen atoms in total. The van der Waals surface area contributed by atoms with Crippen LogP contribution in [0.3, 0.4) is 0 Å². The molecule has 4 rings (SSSR count). The fourth-order valence-electron chi connectivity index (χ4n) is 5.84. The molecular weight excluding hydrogens is 531 g/mol. The van der Waals surface area contributed by atoms with E-state index in [9.17, 15) is 28.1 Å². The van der Waals surface area contributed by atoms with Crippen LogP contribution in [0.4, 0.5) is 13.2 Å². The number of nitrogens with one attached hydrogen (secondary N) is 2. The van der Waals surface area contributed by atoms with Crippen LogP contribution in [0.2, 0.25) is 0 Å². The predicted octanol–water partition coefficient (Wildman–Crippen LogP) is 2.91. The quantitative estimate of drug-likeness (QED) is 0.338. The lowest BCUT2D eigenvalue weighted by Crippen LogP contribution is -2.64. The van der Waals surface area contributed by atoms with Crippen LogP contribution in [0.5, 0.6) is 5.75 Å². The van der Waals surface area contributed by atoms with Gasteiger partial charge in [-0.05, 0) is 50.5 Å². The average Bonchev–Trinajstić information content (AvgIpc) is 3.14. The Morgan fingerprint density at radius 2 is 1.93 bits per heavy atom. The highest BCUT2D eigenvalue weighted by atomic mass is 19.4. The molecular formula is C26H36F3N7O4. The van der Waals surface area contributed by atoms with Gasteiger partial charge in [0.15, 0.2) is 11.6 Å². The number of halogens is 3. The van der Waals surface area contributed by atoms with Crippen molar-refractivity contribution in [3.05, 3.63) is 51.8 Å². The standard InChI is InChI=1S/C26H36F3N7O4/c1-18(37)34-11-4-12-35(14-13-34)21-9-7-19(8-10-21)15-25(30)23(36(38)39)17-32-24(33-25)31-16-20-5-2-3-6-22(20)40-26(27,28)29/h2-3,5-6,17,19,21H,4,7-16,30H2,1H3,(H2,31,32,33). The van der Waals surface area contributed by atoms with Gasteiger partial charge in [0.1, 0.15) is 5.75 Å². The number of guanidine groups is 1. The lowest BCUT2D eigenvalue weighted by molar-refractivity contribution is -0.437. The lowest BCUT2D eigenvalue weighted by Gasteiger charge is -2.40. The van der Waals surface area contributed by atoms with Crippen LogP contribution in [-0.4, -0.2) is 70.8 Å². The summed E-state index contributed by atoms with van der Waals surface area (Å²) in [5, 5.41) is 17.5. The molecule has 4 N–H and O–H groups in total. The second-order valence-corrected chi connectivity index (χ2v) is 10.6. The molecule has 3 aliphatic rings. The number of para-hydroxylation sites is 1. The van der Waals surface area contributed by atoms with Gasteiger partial charge in [0, 0.05) is 44.7 Å². The minimum Gasteiger partial charge on any atom is -0.405 e. The summed E-state index contributed by atoms with van der Waals surface area (Å²) >= 11 is 0. The molecule has 0 spiro atoms. The third-order valence-corrected chi connectivity index (χ3v) is 7.87. The molecule has 1 aromatic carbocycles. The number of aliphatic imine (C=N–C) groups is 1. The zero-order valence-corrected chi connectivity index (χ0v) is 22.5. The van der Waals surface area contributed by atoms with E-state index in [1.54, 1.807) is 13.0 Å². The summed E-state index contributed by atoms with van der Waals surface area (Å²) in [4.78, 5) is 31.7. The summed E-state index contributed by atoms with van der Waals surface area (Å²) in [5.41, 5.74) is 5.05. The highest BCUT2D eigenvalue weighted by Gasteiger charge is 2.45. The topological polar surface area (TPSA) is 138 Å². The van der Waals surface area contributed by atoms with Crippen LogP contribution < -0.4 is 21.1 Å². The van der Waals surface area contributed by atoms with Crippen molar-refractivity contribution in [2.75, 3.05) is 26.2 Å². The Bertz CT molecular complexity index is 1140. The van der Waals surface area contributed by atoms with Crippen molar-refractivity contribution >= 4 is 11.9 Å². The highest BCUT2D eigenvalue weighted by molar-refractivity contribution is 5.83. The number of amides is 1. The van der Waals surface area contributed by atoms with E-state index in [-0.39, 0.29) is 41.3 Å². The molecule has 2 fully saturated rings. The van der Waals surface area contributed by atoms with E-state index in [0.717, 1.165) is 58.3 Å². The Balaban J connectivity index is 1.38. The number of carbonyl (C=O) groups is 1.